The highest BCUT2D eigenvalue weighted by molar-refractivity contribution is 5.99. The third-order valence-corrected chi connectivity index (χ3v) is 4.39. The first-order chi connectivity index (χ1) is 13.1. The van der Waals surface area contributed by atoms with Crippen molar-refractivity contribution in [3.05, 3.63) is 41.1 Å². The van der Waals surface area contributed by atoms with Gasteiger partial charge in [0.15, 0.2) is 0 Å². The fourth-order valence-corrected chi connectivity index (χ4v) is 3.05. The van der Waals surface area contributed by atoms with Crippen molar-refractivity contribution in [3.63, 3.8) is 0 Å². The molecule has 0 bridgehead atoms. The number of amides is 3. The van der Waals surface area contributed by atoms with Crippen molar-refractivity contribution < 1.29 is 14.3 Å². The maximum absolute atomic E-state index is 12.4. The van der Waals surface area contributed by atoms with Gasteiger partial charge in [0.2, 0.25) is 0 Å². The van der Waals surface area contributed by atoms with Crippen LogP contribution in [0.15, 0.2) is 24.3 Å². The number of rotatable bonds is 2. The number of hydrogen-bond donors (Lipinski definition) is 2. The van der Waals surface area contributed by atoms with Crippen LogP contribution in [0.2, 0.25) is 0 Å². The van der Waals surface area contributed by atoms with Crippen LogP contribution in [-0.2, 0) is 24.8 Å². The molecule has 0 atom stereocenters. The molecule has 1 aromatic carbocycles. The molecule has 28 heavy (non-hydrogen) atoms. The highest BCUT2D eigenvalue weighted by atomic mass is 16.6. The number of anilines is 2. The number of nitrogens with zero attached hydrogens (tertiary/aromatic N) is 3. The predicted molar refractivity (Wildman–Crippen MR) is 107 cm³/mol. The Labute approximate surface area is 164 Å². The molecular formula is C20H27N5O3. The number of urea groups is 1. The smallest absolute Gasteiger partial charge is 0.410 e. The lowest BCUT2D eigenvalue weighted by molar-refractivity contribution is 0.0224. The molecule has 0 aliphatic carbocycles. The van der Waals surface area contributed by atoms with E-state index in [2.05, 4.69) is 15.7 Å². The molecule has 150 valence electrons. The van der Waals surface area contributed by atoms with Crippen LogP contribution in [0.25, 0.3) is 0 Å². The molecule has 2 N–H and O–H groups in total. The van der Waals surface area contributed by atoms with Crippen molar-refractivity contribution >= 4 is 23.6 Å². The SMILES string of the molecule is Cc1ccc(NC(=O)Nc2c3c(nn2C)CCN(C(=O)OC(C)(C)C)C3)cc1. The van der Waals surface area contributed by atoms with E-state index >= 15 is 0 Å². The van der Waals surface area contributed by atoms with E-state index in [1.165, 1.54) is 0 Å². The average Bonchev–Trinajstić information content (AvgIpc) is 2.90. The summed E-state index contributed by atoms with van der Waals surface area (Å²) >= 11 is 0. The van der Waals surface area contributed by atoms with Gasteiger partial charge in [-0.05, 0) is 39.8 Å². The molecule has 0 radical (unpaired) electrons. The van der Waals surface area contributed by atoms with E-state index in [0.29, 0.717) is 31.0 Å². The monoisotopic (exact) mass is 385 g/mol. The predicted octanol–water partition coefficient (Wildman–Crippen LogP) is 3.67. The van der Waals surface area contributed by atoms with E-state index in [-0.39, 0.29) is 12.1 Å². The molecule has 3 amide bonds. The Morgan fingerprint density at radius 3 is 2.46 bits per heavy atom. The van der Waals surface area contributed by atoms with E-state index in [1.54, 1.807) is 16.6 Å². The number of aryl methyl sites for hydroxylation is 2. The summed E-state index contributed by atoms with van der Waals surface area (Å²) in [5, 5.41) is 10.2. The molecule has 8 nitrogen and oxygen atoms in total. The lowest BCUT2D eigenvalue weighted by Gasteiger charge is -2.29. The molecule has 2 heterocycles. The number of fused-ring (bicyclic) bond motifs is 1. The molecule has 0 fully saturated rings. The first-order valence-electron chi connectivity index (χ1n) is 9.30. The number of aromatic nitrogens is 2. The molecular weight excluding hydrogens is 358 g/mol. The molecule has 1 aliphatic rings. The fourth-order valence-electron chi connectivity index (χ4n) is 3.05. The van der Waals surface area contributed by atoms with E-state index in [0.717, 1.165) is 16.8 Å². The summed E-state index contributed by atoms with van der Waals surface area (Å²) in [7, 11) is 1.78. The van der Waals surface area contributed by atoms with Gasteiger partial charge in [0, 0.05) is 31.3 Å². The summed E-state index contributed by atoms with van der Waals surface area (Å²) in [6.45, 7) is 8.39. The Morgan fingerprint density at radius 2 is 1.82 bits per heavy atom. The van der Waals surface area contributed by atoms with Gasteiger partial charge in [-0.25, -0.2) is 9.59 Å². The van der Waals surface area contributed by atoms with Gasteiger partial charge in [0.05, 0.1) is 12.2 Å². The molecule has 8 heteroatoms. The van der Waals surface area contributed by atoms with Crippen molar-refractivity contribution in [2.75, 3.05) is 17.2 Å². The van der Waals surface area contributed by atoms with E-state index in [1.807, 2.05) is 52.0 Å². The molecule has 1 aliphatic heterocycles. The van der Waals surface area contributed by atoms with Crippen molar-refractivity contribution in [3.8, 4) is 0 Å². The van der Waals surface area contributed by atoms with Crippen LogP contribution in [0, 0.1) is 6.92 Å². The van der Waals surface area contributed by atoms with Gasteiger partial charge in [-0.3, -0.25) is 10.00 Å². The van der Waals surface area contributed by atoms with Crippen LogP contribution in [0.5, 0.6) is 0 Å². The van der Waals surface area contributed by atoms with Crippen LogP contribution in [0.3, 0.4) is 0 Å². The Morgan fingerprint density at radius 1 is 1.14 bits per heavy atom. The number of hydrogen-bond acceptors (Lipinski definition) is 4. The zero-order valence-electron chi connectivity index (χ0n) is 17.0. The highest BCUT2D eigenvalue weighted by Crippen LogP contribution is 2.27. The second-order valence-corrected chi connectivity index (χ2v) is 7.99. The van der Waals surface area contributed by atoms with Crippen LogP contribution < -0.4 is 10.6 Å². The molecule has 0 saturated carbocycles. The maximum Gasteiger partial charge on any atom is 0.410 e. The van der Waals surface area contributed by atoms with Gasteiger partial charge in [0.25, 0.3) is 0 Å². The lowest BCUT2D eigenvalue weighted by atomic mass is 10.1. The number of ether oxygens (including phenoxy) is 1. The van der Waals surface area contributed by atoms with E-state index in [9.17, 15) is 9.59 Å². The van der Waals surface area contributed by atoms with Crippen molar-refractivity contribution in [2.45, 2.75) is 46.3 Å². The number of carbonyl (C=O) groups is 2. The molecule has 0 spiro atoms. The summed E-state index contributed by atoms with van der Waals surface area (Å²) in [6.07, 6.45) is 0.251. The normalized spacial score (nSPS) is 13.7. The summed E-state index contributed by atoms with van der Waals surface area (Å²) in [4.78, 5) is 26.5. The topological polar surface area (TPSA) is 88.5 Å². The largest absolute Gasteiger partial charge is 0.444 e. The third kappa shape index (κ3) is 4.62. The van der Waals surface area contributed by atoms with Crippen molar-refractivity contribution in [1.82, 2.24) is 14.7 Å². The summed E-state index contributed by atoms with van der Waals surface area (Å²) < 4.78 is 7.11. The highest BCUT2D eigenvalue weighted by Gasteiger charge is 2.30. The number of benzene rings is 1. The molecule has 3 rings (SSSR count). The van der Waals surface area contributed by atoms with Crippen LogP contribution >= 0.6 is 0 Å². The standard InChI is InChI=1S/C20H27N5O3/c1-13-6-8-14(9-7-13)21-18(26)22-17-15-12-25(19(27)28-20(2,3)4)11-10-16(15)23-24(17)5/h6-9H,10-12H2,1-5H3,(H2,21,22,26). The van der Waals surface area contributed by atoms with E-state index in [4.69, 9.17) is 4.74 Å². The van der Waals surface area contributed by atoms with E-state index < -0.39 is 5.60 Å². The first-order valence-corrected chi connectivity index (χ1v) is 9.30. The maximum atomic E-state index is 12.4. The third-order valence-electron chi connectivity index (χ3n) is 4.39. The Kier molecular flexibility index (Phi) is 5.31. The minimum atomic E-state index is -0.554. The molecule has 0 unspecified atom stereocenters. The quantitative estimate of drug-likeness (QED) is 0.826. The Balaban J connectivity index is 1.72. The minimum Gasteiger partial charge on any atom is -0.444 e. The molecule has 1 aromatic heterocycles. The first kappa shape index (κ1) is 19.7. The van der Waals surface area contributed by atoms with Gasteiger partial charge in [-0.2, -0.15) is 5.10 Å². The van der Waals surface area contributed by atoms with Gasteiger partial charge in [0.1, 0.15) is 11.4 Å². The van der Waals surface area contributed by atoms with Crippen molar-refractivity contribution in [1.29, 1.82) is 0 Å². The van der Waals surface area contributed by atoms with Gasteiger partial charge >= 0.3 is 12.1 Å². The van der Waals surface area contributed by atoms with Crippen LogP contribution in [-0.4, -0.2) is 39.0 Å². The number of carbonyl (C=O) groups excluding carboxylic acids is 2. The lowest BCUT2D eigenvalue weighted by Crippen LogP contribution is -2.40. The number of nitrogens with one attached hydrogen (secondary N) is 2. The van der Waals surface area contributed by atoms with Crippen LogP contribution in [0.1, 0.15) is 37.6 Å². The van der Waals surface area contributed by atoms with Gasteiger partial charge in [-0.1, -0.05) is 17.7 Å². The zero-order chi connectivity index (χ0) is 20.5. The summed E-state index contributed by atoms with van der Waals surface area (Å²) in [5.41, 5.74) is 2.98. The Bertz CT molecular complexity index is 880. The van der Waals surface area contributed by atoms with Gasteiger partial charge < -0.3 is 15.0 Å². The zero-order valence-corrected chi connectivity index (χ0v) is 17.0. The average molecular weight is 385 g/mol. The van der Waals surface area contributed by atoms with Crippen LogP contribution in [0.4, 0.5) is 21.1 Å². The van der Waals surface area contributed by atoms with Crippen molar-refractivity contribution in [2.24, 2.45) is 7.05 Å². The van der Waals surface area contributed by atoms with Gasteiger partial charge in [-0.15, -0.1) is 0 Å². The second kappa shape index (κ2) is 7.53. The Hall–Kier alpha value is -3.03. The summed E-state index contributed by atoms with van der Waals surface area (Å²) in [6, 6.07) is 7.19. The minimum absolute atomic E-state index is 0.345. The second-order valence-electron chi connectivity index (χ2n) is 7.99. The summed E-state index contributed by atoms with van der Waals surface area (Å²) in [5.74, 6) is 0.577. The fraction of sp³-hybridized carbons (Fsp3) is 0.450. The molecule has 2 aromatic rings. The molecule has 0 saturated heterocycles.